The van der Waals surface area contributed by atoms with Crippen LogP contribution in [0, 0.1) is 59.2 Å². The summed E-state index contributed by atoms with van der Waals surface area (Å²) in [6.07, 6.45) is 13.4. The molecule has 0 aliphatic heterocycles. The Labute approximate surface area is 249 Å². The molecule has 10 unspecified atom stereocenters. The number of azide groups is 1. The van der Waals surface area contributed by atoms with Crippen molar-refractivity contribution in [3.63, 3.8) is 0 Å². The number of nitrogens with zero attached hydrogens (tertiary/aromatic N) is 3. The SMILES string of the molecule is Cc1ccc(S(=O)(=O)NC2CC3(C)C(CCC4C3CCC3(C)C(C(C)CCCC(C)C)CCC43)CC2N=[N+]=[N-])cc1. The Hall–Kier alpha value is -1.56. The van der Waals surface area contributed by atoms with E-state index in [0.29, 0.717) is 17.3 Å². The van der Waals surface area contributed by atoms with Crippen molar-refractivity contribution >= 4 is 10.0 Å². The van der Waals surface area contributed by atoms with Crippen LogP contribution in [0.5, 0.6) is 0 Å². The van der Waals surface area contributed by atoms with Gasteiger partial charge in [-0.15, -0.1) is 0 Å². The third-order valence-electron chi connectivity index (χ3n) is 12.8. The summed E-state index contributed by atoms with van der Waals surface area (Å²) in [4.78, 5) is 3.45. The van der Waals surface area contributed by atoms with E-state index in [0.717, 1.165) is 48.0 Å². The van der Waals surface area contributed by atoms with Crippen molar-refractivity contribution in [1.29, 1.82) is 0 Å². The van der Waals surface area contributed by atoms with Crippen LogP contribution < -0.4 is 4.72 Å². The molecular weight excluding hydrogens is 528 g/mol. The van der Waals surface area contributed by atoms with E-state index in [1.165, 1.54) is 57.8 Å². The fraction of sp³-hybridized carbons (Fsp3) is 0.824. The van der Waals surface area contributed by atoms with Crippen LogP contribution in [0.25, 0.3) is 10.4 Å². The summed E-state index contributed by atoms with van der Waals surface area (Å²) in [5, 5.41) is 4.17. The third kappa shape index (κ3) is 5.85. The van der Waals surface area contributed by atoms with Gasteiger partial charge < -0.3 is 0 Å². The second-order valence-electron chi connectivity index (χ2n) is 15.4. The molecule has 0 saturated heterocycles. The van der Waals surface area contributed by atoms with Crippen LogP contribution in [-0.4, -0.2) is 20.5 Å². The average molecular weight is 583 g/mol. The lowest BCUT2D eigenvalue weighted by Gasteiger charge is -2.62. The molecule has 228 valence electrons. The van der Waals surface area contributed by atoms with Gasteiger partial charge >= 0.3 is 0 Å². The minimum Gasteiger partial charge on any atom is -0.208 e. The zero-order chi connectivity index (χ0) is 29.6. The highest BCUT2D eigenvalue weighted by Crippen LogP contribution is 2.68. The lowest BCUT2D eigenvalue weighted by molar-refractivity contribution is -0.120. The van der Waals surface area contributed by atoms with Crippen molar-refractivity contribution in [3.05, 3.63) is 40.3 Å². The Morgan fingerprint density at radius 2 is 1.71 bits per heavy atom. The number of hydrogen-bond donors (Lipinski definition) is 1. The van der Waals surface area contributed by atoms with Gasteiger partial charge in [0.1, 0.15) is 0 Å². The molecule has 4 saturated carbocycles. The van der Waals surface area contributed by atoms with Crippen molar-refractivity contribution in [3.8, 4) is 0 Å². The smallest absolute Gasteiger partial charge is 0.208 e. The maximum Gasteiger partial charge on any atom is 0.240 e. The summed E-state index contributed by atoms with van der Waals surface area (Å²) in [7, 11) is -3.71. The molecule has 1 aromatic rings. The molecule has 4 aliphatic carbocycles. The van der Waals surface area contributed by atoms with E-state index in [4.69, 9.17) is 0 Å². The van der Waals surface area contributed by atoms with Gasteiger partial charge in [0.15, 0.2) is 0 Å². The van der Waals surface area contributed by atoms with Crippen LogP contribution in [0.4, 0.5) is 0 Å². The molecule has 6 nitrogen and oxygen atoms in total. The van der Waals surface area contributed by atoms with Gasteiger partial charge in [-0.1, -0.05) is 76.7 Å². The van der Waals surface area contributed by atoms with Crippen LogP contribution >= 0.6 is 0 Å². The zero-order valence-corrected chi connectivity index (χ0v) is 27.2. The van der Waals surface area contributed by atoms with Crippen LogP contribution in [0.3, 0.4) is 0 Å². The molecule has 4 aliphatic rings. The first kappa shape index (κ1) is 30.9. The van der Waals surface area contributed by atoms with Gasteiger partial charge in [0.25, 0.3) is 0 Å². The first-order chi connectivity index (χ1) is 19.4. The molecule has 0 amide bonds. The number of hydrogen-bond acceptors (Lipinski definition) is 3. The summed E-state index contributed by atoms with van der Waals surface area (Å²) in [5.41, 5.74) is 10.9. The quantitative estimate of drug-likeness (QED) is 0.179. The normalized spacial score (nSPS) is 39.3. The highest BCUT2D eigenvalue weighted by molar-refractivity contribution is 7.89. The van der Waals surface area contributed by atoms with Gasteiger partial charge in [-0.3, -0.25) is 0 Å². The predicted molar refractivity (Wildman–Crippen MR) is 167 cm³/mol. The molecular formula is C34H54N4O2S. The molecule has 0 bridgehead atoms. The number of rotatable bonds is 9. The fourth-order valence-corrected chi connectivity index (χ4v) is 11.9. The predicted octanol–water partition coefficient (Wildman–Crippen LogP) is 9.05. The van der Waals surface area contributed by atoms with Gasteiger partial charge in [-0.05, 0) is 128 Å². The molecule has 0 radical (unpaired) electrons. The maximum atomic E-state index is 13.5. The van der Waals surface area contributed by atoms with E-state index in [2.05, 4.69) is 49.4 Å². The van der Waals surface area contributed by atoms with Gasteiger partial charge in [-0.2, -0.15) is 0 Å². The van der Waals surface area contributed by atoms with E-state index in [9.17, 15) is 13.9 Å². The second kappa shape index (κ2) is 11.8. The van der Waals surface area contributed by atoms with Crippen molar-refractivity contribution in [2.75, 3.05) is 0 Å². The van der Waals surface area contributed by atoms with Crippen LogP contribution in [0.15, 0.2) is 34.3 Å². The van der Waals surface area contributed by atoms with Gasteiger partial charge in [0, 0.05) is 11.0 Å². The van der Waals surface area contributed by atoms with Crippen LogP contribution in [-0.2, 0) is 10.0 Å². The van der Waals surface area contributed by atoms with E-state index in [1.54, 1.807) is 12.1 Å². The minimum atomic E-state index is -3.71. The van der Waals surface area contributed by atoms with Gasteiger partial charge in [-0.25, -0.2) is 13.1 Å². The van der Waals surface area contributed by atoms with Crippen molar-refractivity contribution in [2.24, 2.45) is 57.4 Å². The van der Waals surface area contributed by atoms with Gasteiger partial charge in [0.2, 0.25) is 10.0 Å². The van der Waals surface area contributed by atoms with Crippen molar-refractivity contribution in [2.45, 2.75) is 129 Å². The third-order valence-corrected chi connectivity index (χ3v) is 14.3. The van der Waals surface area contributed by atoms with Crippen LogP contribution in [0.1, 0.15) is 111 Å². The minimum absolute atomic E-state index is 0.0627. The van der Waals surface area contributed by atoms with Crippen molar-refractivity contribution in [1.82, 2.24) is 4.72 Å². The Balaban J connectivity index is 1.35. The largest absolute Gasteiger partial charge is 0.240 e. The first-order valence-electron chi connectivity index (χ1n) is 16.5. The molecule has 4 fully saturated rings. The summed E-state index contributed by atoms with van der Waals surface area (Å²) < 4.78 is 30.0. The summed E-state index contributed by atoms with van der Waals surface area (Å²) in [5.74, 6) is 5.04. The molecule has 1 N–H and O–H groups in total. The Morgan fingerprint density at radius 1 is 1.00 bits per heavy atom. The first-order valence-corrected chi connectivity index (χ1v) is 18.0. The van der Waals surface area contributed by atoms with E-state index >= 15 is 0 Å². The zero-order valence-electron chi connectivity index (χ0n) is 26.4. The number of sulfonamides is 1. The standard InChI is InChI=1S/C34H54N4O2S/c1-22(2)8-7-9-24(4)28-16-17-29-27-15-12-25-20-31(36-38-35)32(21-34(25,6)30(27)18-19-33(28,29)5)37-41(39,40)26-13-10-23(3)11-14-26/h10-11,13-14,22,24-25,27-32,37H,7-9,12,15-21H2,1-6H3. The Kier molecular flexibility index (Phi) is 8.92. The van der Waals surface area contributed by atoms with E-state index in [1.807, 2.05) is 19.1 Å². The number of benzene rings is 1. The molecule has 10 atom stereocenters. The molecule has 1 aromatic carbocycles. The average Bonchev–Trinajstić information content (AvgIpc) is 3.26. The fourth-order valence-electron chi connectivity index (χ4n) is 10.6. The summed E-state index contributed by atoms with van der Waals surface area (Å²) in [6.45, 7) is 14.3. The highest BCUT2D eigenvalue weighted by Gasteiger charge is 2.61. The van der Waals surface area contributed by atoms with Crippen molar-refractivity contribution < 1.29 is 8.42 Å². The topological polar surface area (TPSA) is 94.9 Å². The molecule has 41 heavy (non-hydrogen) atoms. The lowest BCUT2D eigenvalue weighted by atomic mass is 9.44. The lowest BCUT2D eigenvalue weighted by Crippen LogP contribution is -2.59. The summed E-state index contributed by atoms with van der Waals surface area (Å²) >= 11 is 0. The second-order valence-corrected chi connectivity index (χ2v) is 17.2. The molecule has 7 heteroatoms. The number of nitrogens with one attached hydrogen (secondary N) is 1. The molecule has 0 spiro atoms. The monoisotopic (exact) mass is 582 g/mol. The van der Waals surface area contributed by atoms with Crippen LogP contribution in [0.2, 0.25) is 0 Å². The maximum absolute atomic E-state index is 13.5. The Bertz CT molecular complexity index is 1230. The number of aryl methyl sites for hydroxylation is 1. The molecule has 0 aromatic heterocycles. The summed E-state index contributed by atoms with van der Waals surface area (Å²) in [6, 6.07) is 6.30. The van der Waals surface area contributed by atoms with Gasteiger partial charge in [0.05, 0.1) is 10.9 Å². The van der Waals surface area contributed by atoms with E-state index in [-0.39, 0.29) is 22.4 Å². The highest BCUT2D eigenvalue weighted by atomic mass is 32.2. The Morgan fingerprint density at radius 3 is 2.39 bits per heavy atom. The van der Waals surface area contributed by atoms with E-state index < -0.39 is 10.0 Å². The molecule has 5 rings (SSSR count). The number of fused-ring (bicyclic) bond motifs is 5. The molecule has 0 heterocycles.